The van der Waals surface area contributed by atoms with Gasteiger partial charge in [-0.1, -0.05) is 237 Å². The molecule has 75 heavy (non-hydrogen) atoms. The molecule has 1 aliphatic carbocycles. The lowest BCUT2D eigenvalue weighted by molar-refractivity contribution is 0.768. The van der Waals surface area contributed by atoms with E-state index in [-0.39, 0.29) is 0 Å². The number of hydrogen-bond acceptors (Lipinski definition) is 1. The Morgan fingerprint density at radius 3 is 1.56 bits per heavy atom. The average Bonchev–Trinajstić information content (AvgIpc) is 4.00. The molecule has 350 valence electrons. The molecule has 0 unspecified atom stereocenters. The predicted octanol–water partition coefficient (Wildman–Crippen LogP) is 19.4. The third kappa shape index (κ3) is 6.66. The van der Waals surface area contributed by atoms with Gasteiger partial charge in [0.05, 0.1) is 27.8 Å². The van der Waals surface area contributed by atoms with E-state index in [0.717, 1.165) is 22.7 Å². The molecule has 0 saturated heterocycles. The summed E-state index contributed by atoms with van der Waals surface area (Å²) in [7, 11) is 0. The van der Waals surface area contributed by atoms with Crippen LogP contribution in [0.1, 0.15) is 22.3 Å². The SMILES string of the molecule is c1ccc(C2(c3ccccc3)c3ccccc3-c3cc(-n4c5ccccc5c5cc(-c6ccc(-c7ccc(N(c8cccc9ccccc89)c8cc9ccccc9c9ccccc89)cc7)cc6)ccc54)ccc32)cc1. The summed E-state index contributed by atoms with van der Waals surface area (Å²) >= 11 is 0. The fraction of sp³-hybridized carbons (Fsp3) is 0.0137. The Labute approximate surface area is 436 Å². The monoisotopic (exact) mass is 952 g/mol. The number of aromatic nitrogens is 1. The standard InChI is InChI=1S/C73H48N2/c1-3-21-55(22-4-1)73(56-23-5-2-6-24-56)67-31-15-13-28-62(67)65-48-58(43-44-68(65)73)75-70-32-16-14-30-64(70)66-46-53(40-45-71(66)75)51-36-34-49(35-37-51)50-38-41-57(42-39-50)74(69-33-17-20-52-18-7-10-26-60(52)69)72-47-54-19-8-9-25-59(54)61-27-11-12-29-63(61)72/h1-48H. The van der Waals surface area contributed by atoms with Crippen LogP contribution in [-0.2, 0) is 5.41 Å². The molecule has 0 aliphatic heterocycles. The smallest absolute Gasteiger partial charge is 0.0713 e. The molecular formula is C73H48N2. The summed E-state index contributed by atoms with van der Waals surface area (Å²) in [6.45, 7) is 0. The topological polar surface area (TPSA) is 8.17 Å². The van der Waals surface area contributed by atoms with Crippen molar-refractivity contribution in [2.45, 2.75) is 5.41 Å². The van der Waals surface area contributed by atoms with Gasteiger partial charge in [0.1, 0.15) is 0 Å². The Bertz CT molecular complexity index is 4470. The van der Waals surface area contributed by atoms with Crippen molar-refractivity contribution < 1.29 is 0 Å². The molecule has 2 nitrogen and oxygen atoms in total. The van der Waals surface area contributed by atoms with Crippen LogP contribution in [0, 0.1) is 0 Å². The van der Waals surface area contributed by atoms with E-state index in [1.165, 1.54) is 110 Å². The van der Waals surface area contributed by atoms with E-state index in [4.69, 9.17) is 0 Å². The molecule has 0 saturated carbocycles. The molecule has 0 radical (unpaired) electrons. The highest BCUT2D eigenvalue weighted by Crippen LogP contribution is 2.57. The van der Waals surface area contributed by atoms with E-state index >= 15 is 0 Å². The molecule has 14 aromatic rings. The Balaban J connectivity index is 0.794. The molecule has 1 aromatic heterocycles. The second-order valence-electron chi connectivity index (χ2n) is 20.0. The number of fused-ring (bicyclic) bond motifs is 10. The first-order valence-corrected chi connectivity index (χ1v) is 26.0. The van der Waals surface area contributed by atoms with Crippen LogP contribution < -0.4 is 4.90 Å². The normalized spacial score (nSPS) is 12.6. The van der Waals surface area contributed by atoms with Crippen LogP contribution in [0.15, 0.2) is 291 Å². The van der Waals surface area contributed by atoms with Crippen LogP contribution in [0.2, 0.25) is 0 Å². The van der Waals surface area contributed by atoms with Crippen LogP contribution in [0.4, 0.5) is 17.1 Å². The van der Waals surface area contributed by atoms with Crippen LogP contribution >= 0.6 is 0 Å². The fourth-order valence-electron chi connectivity index (χ4n) is 12.7. The maximum absolute atomic E-state index is 2.46. The van der Waals surface area contributed by atoms with E-state index in [9.17, 15) is 0 Å². The van der Waals surface area contributed by atoms with Gasteiger partial charge in [0, 0.05) is 32.9 Å². The molecule has 0 atom stereocenters. The third-order valence-corrected chi connectivity index (χ3v) is 16.0. The predicted molar refractivity (Wildman–Crippen MR) is 316 cm³/mol. The van der Waals surface area contributed by atoms with E-state index in [0.29, 0.717) is 0 Å². The van der Waals surface area contributed by atoms with Gasteiger partial charge in [0.15, 0.2) is 0 Å². The minimum atomic E-state index is -0.435. The van der Waals surface area contributed by atoms with Crippen molar-refractivity contribution in [3.8, 4) is 39.1 Å². The fourth-order valence-corrected chi connectivity index (χ4v) is 12.7. The summed E-state index contributed by atoms with van der Waals surface area (Å²) in [6.07, 6.45) is 0. The summed E-state index contributed by atoms with van der Waals surface area (Å²) in [5.41, 5.74) is 19.0. The maximum atomic E-state index is 2.46. The largest absolute Gasteiger partial charge is 0.309 e. The molecule has 2 heteroatoms. The van der Waals surface area contributed by atoms with Gasteiger partial charge in [-0.3, -0.25) is 0 Å². The van der Waals surface area contributed by atoms with Crippen LogP contribution in [0.5, 0.6) is 0 Å². The second-order valence-corrected chi connectivity index (χ2v) is 20.0. The van der Waals surface area contributed by atoms with Crippen molar-refractivity contribution in [2.75, 3.05) is 4.90 Å². The molecular weight excluding hydrogens is 905 g/mol. The molecule has 13 aromatic carbocycles. The molecule has 0 bridgehead atoms. The zero-order valence-electron chi connectivity index (χ0n) is 41.1. The van der Waals surface area contributed by atoms with Crippen molar-refractivity contribution in [1.29, 1.82) is 0 Å². The van der Waals surface area contributed by atoms with Gasteiger partial charge in [-0.2, -0.15) is 0 Å². The van der Waals surface area contributed by atoms with Gasteiger partial charge >= 0.3 is 0 Å². The molecule has 1 aliphatic rings. The van der Waals surface area contributed by atoms with Crippen molar-refractivity contribution in [2.24, 2.45) is 0 Å². The quantitative estimate of drug-likeness (QED) is 0.138. The summed E-state index contributed by atoms with van der Waals surface area (Å²) in [4.78, 5) is 2.45. The highest BCUT2D eigenvalue weighted by atomic mass is 15.1. The van der Waals surface area contributed by atoms with Crippen LogP contribution in [0.3, 0.4) is 0 Å². The highest BCUT2D eigenvalue weighted by Gasteiger charge is 2.46. The van der Waals surface area contributed by atoms with Crippen molar-refractivity contribution >= 4 is 71.2 Å². The number of hydrogen-bond donors (Lipinski definition) is 0. The summed E-state index contributed by atoms with van der Waals surface area (Å²) in [6, 6.07) is 108. The zero-order chi connectivity index (χ0) is 49.5. The summed E-state index contributed by atoms with van der Waals surface area (Å²) < 4.78 is 2.46. The summed E-state index contributed by atoms with van der Waals surface area (Å²) in [5.74, 6) is 0. The van der Waals surface area contributed by atoms with Gasteiger partial charge in [-0.15, -0.1) is 0 Å². The Morgan fingerprint density at radius 1 is 0.280 bits per heavy atom. The van der Waals surface area contributed by atoms with Crippen LogP contribution in [-0.4, -0.2) is 4.57 Å². The number of para-hydroxylation sites is 1. The van der Waals surface area contributed by atoms with Gasteiger partial charge in [-0.05, 0) is 132 Å². The Morgan fingerprint density at radius 2 is 0.813 bits per heavy atom. The van der Waals surface area contributed by atoms with E-state index in [1.807, 2.05) is 0 Å². The maximum Gasteiger partial charge on any atom is 0.0713 e. The average molecular weight is 953 g/mol. The lowest BCUT2D eigenvalue weighted by Gasteiger charge is -2.33. The first-order chi connectivity index (χ1) is 37.2. The van der Waals surface area contributed by atoms with Crippen molar-refractivity contribution in [3.63, 3.8) is 0 Å². The molecule has 0 amide bonds. The molecule has 1 heterocycles. The van der Waals surface area contributed by atoms with Gasteiger partial charge in [0.2, 0.25) is 0 Å². The second kappa shape index (κ2) is 17.2. The lowest BCUT2D eigenvalue weighted by Crippen LogP contribution is -2.28. The number of benzene rings is 13. The molecule has 0 fully saturated rings. The summed E-state index contributed by atoms with van der Waals surface area (Å²) in [5, 5.41) is 9.85. The minimum Gasteiger partial charge on any atom is -0.309 e. The highest BCUT2D eigenvalue weighted by molar-refractivity contribution is 6.16. The minimum absolute atomic E-state index is 0.435. The van der Waals surface area contributed by atoms with Crippen molar-refractivity contribution in [1.82, 2.24) is 4.57 Å². The van der Waals surface area contributed by atoms with Gasteiger partial charge < -0.3 is 9.47 Å². The van der Waals surface area contributed by atoms with Crippen molar-refractivity contribution in [3.05, 3.63) is 313 Å². The number of anilines is 3. The molecule has 15 rings (SSSR count). The third-order valence-electron chi connectivity index (χ3n) is 16.0. The molecule has 0 N–H and O–H groups in total. The van der Waals surface area contributed by atoms with Gasteiger partial charge in [-0.25, -0.2) is 0 Å². The lowest BCUT2D eigenvalue weighted by atomic mass is 9.68. The Hall–Kier alpha value is -9.76. The molecule has 0 spiro atoms. The zero-order valence-corrected chi connectivity index (χ0v) is 41.1. The first kappa shape index (κ1) is 42.9. The first-order valence-electron chi connectivity index (χ1n) is 26.0. The van der Waals surface area contributed by atoms with Crippen LogP contribution in [0.25, 0.3) is 93.2 Å². The Kier molecular flexibility index (Phi) is 9.83. The number of rotatable bonds is 8. The van der Waals surface area contributed by atoms with E-state index in [1.54, 1.807) is 0 Å². The van der Waals surface area contributed by atoms with E-state index < -0.39 is 5.41 Å². The van der Waals surface area contributed by atoms with E-state index in [2.05, 4.69) is 301 Å². The number of nitrogens with zero attached hydrogens (tertiary/aromatic N) is 2. The van der Waals surface area contributed by atoms with Gasteiger partial charge in [0.25, 0.3) is 0 Å².